The Balaban J connectivity index is 1.99. The van der Waals surface area contributed by atoms with Crippen LogP contribution in [0.25, 0.3) is 0 Å². The molecule has 1 aliphatic rings. The van der Waals surface area contributed by atoms with Crippen molar-refractivity contribution in [2.75, 3.05) is 13.1 Å². The van der Waals surface area contributed by atoms with Crippen LogP contribution in [-0.4, -0.2) is 35.0 Å². The number of pyridine rings is 1. The van der Waals surface area contributed by atoms with Crippen LogP contribution in [0.15, 0.2) is 24.5 Å². The normalized spacial score (nSPS) is 22.9. The Morgan fingerprint density at radius 3 is 2.81 bits per heavy atom. The molecule has 0 N–H and O–H groups in total. The number of carbonyl (C=O) groups excluding carboxylic acids is 1. The Morgan fingerprint density at radius 2 is 2.25 bits per heavy atom. The summed E-state index contributed by atoms with van der Waals surface area (Å²) in [6.45, 7) is 5.41. The standard InChI is InChI=1S/C12H16N2O2/c1-3-14(4-2)12(15)11-10(16-11)9-6-5-7-13-8-9/h5-8,10-11H,3-4H2,1-2H3/t10-,11+/m0/s1. The monoisotopic (exact) mass is 220 g/mol. The summed E-state index contributed by atoms with van der Waals surface area (Å²) in [7, 11) is 0. The Kier molecular flexibility index (Phi) is 3.19. The van der Waals surface area contributed by atoms with Crippen molar-refractivity contribution in [2.45, 2.75) is 26.1 Å². The lowest BCUT2D eigenvalue weighted by Crippen LogP contribution is -2.34. The van der Waals surface area contributed by atoms with Gasteiger partial charge in [0.2, 0.25) is 0 Å². The van der Waals surface area contributed by atoms with Gasteiger partial charge in [0.1, 0.15) is 6.10 Å². The van der Waals surface area contributed by atoms with Gasteiger partial charge in [-0.2, -0.15) is 0 Å². The predicted octanol–water partition coefficient (Wildman–Crippen LogP) is 1.39. The summed E-state index contributed by atoms with van der Waals surface area (Å²) in [5.41, 5.74) is 0.980. The van der Waals surface area contributed by atoms with Crippen molar-refractivity contribution < 1.29 is 9.53 Å². The number of aromatic nitrogens is 1. The van der Waals surface area contributed by atoms with E-state index in [0.717, 1.165) is 18.7 Å². The number of hydrogen-bond donors (Lipinski definition) is 0. The highest BCUT2D eigenvalue weighted by atomic mass is 16.6. The molecular formula is C12H16N2O2. The summed E-state index contributed by atoms with van der Waals surface area (Å²) >= 11 is 0. The fraction of sp³-hybridized carbons (Fsp3) is 0.500. The second-order valence-corrected chi connectivity index (χ2v) is 3.77. The number of epoxide rings is 1. The maximum absolute atomic E-state index is 11.9. The van der Waals surface area contributed by atoms with Crippen LogP contribution in [0.3, 0.4) is 0 Å². The van der Waals surface area contributed by atoms with E-state index in [2.05, 4.69) is 4.98 Å². The maximum atomic E-state index is 11.9. The highest BCUT2D eigenvalue weighted by molar-refractivity contribution is 5.84. The summed E-state index contributed by atoms with van der Waals surface area (Å²) in [6.07, 6.45) is 3.07. The minimum absolute atomic E-state index is 0.0823. The van der Waals surface area contributed by atoms with E-state index in [1.807, 2.05) is 26.0 Å². The summed E-state index contributed by atoms with van der Waals surface area (Å²) in [5, 5.41) is 0. The molecule has 0 aliphatic carbocycles. The van der Waals surface area contributed by atoms with Crippen molar-refractivity contribution >= 4 is 5.91 Å². The molecule has 0 saturated carbocycles. The van der Waals surface area contributed by atoms with Crippen LogP contribution in [-0.2, 0) is 9.53 Å². The molecule has 0 bridgehead atoms. The first-order valence-corrected chi connectivity index (χ1v) is 5.62. The Labute approximate surface area is 95.2 Å². The topological polar surface area (TPSA) is 45.7 Å². The molecular weight excluding hydrogens is 204 g/mol. The third kappa shape index (κ3) is 2.07. The molecule has 4 heteroatoms. The van der Waals surface area contributed by atoms with E-state index in [-0.39, 0.29) is 18.1 Å². The molecule has 0 radical (unpaired) electrons. The minimum Gasteiger partial charge on any atom is -0.354 e. The van der Waals surface area contributed by atoms with E-state index in [1.54, 1.807) is 17.3 Å². The third-order valence-electron chi connectivity index (χ3n) is 2.82. The number of hydrogen-bond acceptors (Lipinski definition) is 3. The van der Waals surface area contributed by atoms with E-state index in [1.165, 1.54) is 0 Å². The molecule has 2 rings (SSSR count). The smallest absolute Gasteiger partial charge is 0.254 e. The van der Waals surface area contributed by atoms with Gasteiger partial charge >= 0.3 is 0 Å². The molecule has 1 aromatic heterocycles. The number of amides is 1. The van der Waals surface area contributed by atoms with Crippen LogP contribution in [0.4, 0.5) is 0 Å². The van der Waals surface area contributed by atoms with Gasteiger partial charge < -0.3 is 9.64 Å². The molecule has 2 atom stereocenters. The first-order chi connectivity index (χ1) is 7.77. The number of carbonyl (C=O) groups is 1. The van der Waals surface area contributed by atoms with Crippen molar-refractivity contribution in [2.24, 2.45) is 0 Å². The summed E-state index contributed by atoms with van der Waals surface area (Å²) < 4.78 is 5.42. The second kappa shape index (κ2) is 4.61. The average Bonchev–Trinajstić information content (AvgIpc) is 3.11. The summed E-state index contributed by atoms with van der Waals surface area (Å²) in [4.78, 5) is 17.7. The van der Waals surface area contributed by atoms with Crippen molar-refractivity contribution in [1.82, 2.24) is 9.88 Å². The van der Waals surface area contributed by atoms with Gasteiger partial charge in [-0.05, 0) is 19.9 Å². The van der Waals surface area contributed by atoms with Crippen molar-refractivity contribution in [3.63, 3.8) is 0 Å². The first kappa shape index (κ1) is 11.1. The molecule has 16 heavy (non-hydrogen) atoms. The second-order valence-electron chi connectivity index (χ2n) is 3.77. The highest BCUT2D eigenvalue weighted by Crippen LogP contribution is 2.39. The lowest BCUT2D eigenvalue weighted by Gasteiger charge is -2.16. The van der Waals surface area contributed by atoms with Crippen LogP contribution in [0, 0.1) is 0 Å². The minimum atomic E-state index is -0.302. The van der Waals surface area contributed by atoms with Gasteiger partial charge in [-0.25, -0.2) is 0 Å². The van der Waals surface area contributed by atoms with E-state index >= 15 is 0 Å². The van der Waals surface area contributed by atoms with E-state index in [9.17, 15) is 4.79 Å². The molecule has 4 nitrogen and oxygen atoms in total. The van der Waals surface area contributed by atoms with Crippen LogP contribution in [0.5, 0.6) is 0 Å². The third-order valence-corrected chi connectivity index (χ3v) is 2.82. The first-order valence-electron chi connectivity index (χ1n) is 5.62. The van der Waals surface area contributed by atoms with Crippen molar-refractivity contribution in [3.05, 3.63) is 30.1 Å². The molecule has 86 valence electrons. The molecule has 1 saturated heterocycles. The molecule has 0 aromatic carbocycles. The summed E-state index contributed by atoms with van der Waals surface area (Å²) in [5.74, 6) is 0.0823. The van der Waals surface area contributed by atoms with Gasteiger partial charge in [0, 0.05) is 31.0 Å². The largest absolute Gasteiger partial charge is 0.354 e. The zero-order chi connectivity index (χ0) is 11.5. The molecule has 1 aliphatic heterocycles. The van der Waals surface area contributed by atoms with Crippen LogP contribution in [0.2, 0.25) is 0 Å². The van der Waals surface area contributed by atoms with Crippen molar-refractivity contribution in [1.29, 1.82) is 0 Å². The lowest BCUT2D eigenvalue weighted by molar-refractivity contribution is -0.132. The maximum Gasteiger partial charge on any atom is 0.254 e. The van der Waals surface area contributed by atoms with Crippen molar-refractivity contribution in [3.8, 4) is 0 Å². The van der Waals surface area contributed by atoms with E-state index in [0.29, 0.717) is 0 Å². The van der Waals surface area contributed by atoms with Gasteiger partial charge in [-0.1, -0.05) is 6.07 Å². The van der Waals surface area contributed by atoms with Gasteiger partial charge in [0.15, 0.2) is 6.10 Å². The molecule has 2 heterocycles. The van der Waals surface area contributed by atoms with E-state index < -0.39 is 0 Å². The Bertz CT molecular complexity index is 363. The number of rotatable bonds is 4. The molecule has 0 unspecified atom stereocenters. The summed E-state index contributed by atoms with van der Waals surface area (Å²) in [6, 6.07) is 3.79. The molecule has 0 spiro atoms. The highest BCUT2D eigenvalue weighted by Gasteiger charge is 2.47. The zero-order valence-corrected chi connectivity index (χ0v) is 9.59. The predicted molar refractivity (Wildman–Crippen MR) is 59.8 cm³/mol. The van der Waals surface area contributed by atoms with Gasteiger partial charge in [-0.3, -0.25) is 9.78 Å². The van der Waals surface area contributed by atoms with Crippen LogP contribution < -0.4 is 0 Å². The lowest BCUT2D eigenvalue weighted by atomic mass is 10.1. The van der Waals surface area contributed by atoms with E-state index in [4.69, 9.17) is 4.74 Å². The van der Waals surface area contributed by atoms with Gasteiger partial charge in [0.25, 0.3) is 5.91 Å². The molecule has 1 aromatic rings. The SMILES string of the molecule is CCN(CC)C(=O)[C@@H]1O[C@H]1c1cccnc1. The fourth-order valence-corrected chi connectivity index (χ4v) is 1.81. The van der Waals surface area contributed by atoms with Gasteiger partial charge in [0.05, 0.1) is 0 Å². The fourth-order valence-electron chi connectivity index (χ4n) is 1.81. The van der Waals surface area contributed by atoms with Crippen LogP contribution >= 0.6 is 0 Å². The molecule has 1 amide bonds. The van der Waals surface area contributed by atoms with Crippen LogP contribution in [0.1, 0.15) is 25.5 Å². The molecule has 1 fully saturated rings. The van der Waals surface area contributed by atoms with Gasteiger partial charge in [-0.15, -0.1) is 0 Å². The Hall–Kier alpha value is -1.42. The Morgan fingerprint density at radius 1 is 1.50 bits per heavy atom. The number of likely N-dealkylation sites (N-methyl/N-ethyl adjacent to an activating group) is 1. The number of ether oxygens (including phenoxy) is 1. The zero-order valence-electron chi connectivity index (χ0n) is 9.59. The quantitative estimate of drug-likeness (QED) is 0.720. The number of nitrogens with zero attached hydrogens (tertiary/aromatic N) is 2. The average molecular weight is 220 g/mol.